The summed E-state index contributed by atoms with van der Waals surface area (Å²) in [6.45, 7) is 8.63. The third-order valence-corrected chi connectivity index (χ3v) is 4.37. The third kappa shape index (κ3) is 8.22. The highest BCUT2D eigenvalue weighted by molar-refractivity contribution is 14.0. The lowest BCUT2D eigenvalue weighted by atomic mass is 10.1. The molecule has 2 aromatic carbocycles. The first-order chi connectivity index (χ1) is 14.1. The summed E-state index contributed by atoms with van der Waals surface area (Å²) in [4.78, 5) is 16.1. The second kappa shape index (κ2) is 13.8. The van der Waals surface area contributed by atoms with Gasteiger partial charge in [-0.3, -0.25) is 9.79 Å². The summed E-state index contributed by atoms with van der Waals surface area (Å²) in [6, 6.07) is 13.8. The van der Waals surface area contributed by atoms with Crippen LogP contribution in [-0.4, -0.2) is 32.1 Å². The number of halogens is 1. The third-order valence-electron chi connectivity index (χ3n) is 4.37. The lowest BCUT2D eigenvalue weighted by molar-refractivity contribution is 0.0956. The summed E-state index contributed by atoms with van der Waals surface area (Å²) in [5.74, 6) is 1.57. The van der Waals surface area contributed by atoms with E-state index in [1.54, 1.807) is 7.05 Å². The number of nitrogens with one attached hydrogen (secondary N) is 3. The molecule has 0 atom stereocenters. The molecule has 0 spiro atoms. The standard InChI is InChI=1S/C23H32N4O2.HI/c1-5-13-29-21-14-17(3)7-10-20(21)16-27-23(24-4)26-15-18-8-11-19(12-9-18)22(28)25-6-2;/h7-12,14H,5-6,13,15-16H2,1-4H3,(H,25,28)(H2,24,26,27);1H. The SMILES string of the molecule is CCCOc1cc(C)ccc1CNC(=NC)NCc1ccc(C(=O)NCC)cc1.I. The van der Waals surface area contributed by atoms with Gasteiger partial charge in [0.05, 0.1) is 6.61 Å². The summed E-state index contributed by atoms with van der Waals surface area (Å²) >= 11 is 0. The highest BCUT2D eigenvalue weighted by Crippen LogP contribution is 2.20. The molecule has 2 aromatic rings. The molecular formula is C23H33IN4O2. The van der Waals surface area contributed by atoms with E-state index in [1.807, 2.05) is 31.2 Å². The summed E-state index contributed by atoms with van der Waals surface area (Å²) in [5, 5.41) is 9.43. The van der Waals surface area contributed by atoms with Crippen LogP contribution in [0.15, 0.2) is 47.5 Å². The van der Waals surface area contributed by atoms with Gasteiger partial charge in [0.1, 0.15) is 5.75 Å². The van der Waals surface area contributed by atoms with Crippen LogP contribution in [0, 0.1) is 6.92 Å². The minimum Gasteiger partial charge on any atom is -0.493 e. The minimum absolute atomic E-state index is 0. The zero-order valence-corrected chi connectivity index (χ0v) is 20.6. The number of benzene rings is 2. The summed E-state index contributed by atoms with van der Waals surface area (Å²) in [6.07, 6.45) is 0.975. The van der Waals surface area contributed by atoms with Crippen molar-refractivity contribution in [2.75, 3.05) is 20.2 Å². The number of rotatable bonds is 9. The van der Waals surface area contributed by atoms with Gasteiger partial charge in [-0.1, -0.05) is 31.2 Å². The van der Waals surface area contributed by atoms with Crippen LogP contribution in [0.3, 0.4) is 0 Å². The van der Waals surface area contributed by atoms with E-state index < -0.39 is 0 Å². The van der Waals surface area contributed by atoms with Crippen LogP contribution in [0.5, 0.6) is 5.75 Å². The molecule has 7 heteroatoms. The van der Waals surface area contributed by atoms with Crippen molar-refractivity contribution in [1.82, 2.24) is 16.0 Å². The van der Waals surface area contributed by atoms with E-state index in [0.29, 0.717) is 37.8 Å². The Hall–Kier alpha value is -2.29. The monoisotopic (exact) mass is 524 g/mol. The van der Waals surface area contributed by atoms with Crippen molar-refractivity contribution >= 4 is 35.8 Å². The van der Waals surface area contributed by atoms with Crippen LogP contribution in [0.25, 0.3) is 0 Å². The first kappa shape index (κ1) is 25.7. The second-order valence-corrected chi connectivity index (χ2v) is 6.80. The van der Waals surface area contributed by atoms with E-state index in [1.165, 1.54) is 5.56 Å². The molecular weight excluding hydrogens is 491 g/mol. The maximum Gasteiger partial charge on any atom is 0.251 e. The molecule has 0 aromatic heterocycles. The van der Waals surface area contributed by atoms with Crippen molar-refractivity contribution < 1.29 is 9.53 Å². The van der Waals surface area contributed by atoms with Gasteiger partial charge in [-0.2, -0.15) is 0 Å². The molecule has 1 amide bonds. The molecule has 0 saturated heterocycles. The molecule has 30 heavy (non-hydrogen) atoms. The van der Waals surface area contributed by atoms with Gasteiger partial charge in [-0.25, -0.2) is 0 Å². The van der Waals surface area contributed by atoms with Crippen LogP contribution in [-0.2, 0) is 13.1 Å². The number of ether oxygens (including phenoxy) is 1. The Morgan fingerprint density at radius 3 is 2.33 bits per heavy atom. The highest BCUT2D eigenvalue weighted by Gasteiger charge is 2.07. The predicted octanol–water partition coefficient (Wildman–Crippen LogP) is 4.02. The Labute approximate surface area is 196 Å². The lowest BCUT2D eigenvalue weighted by Gasteiger charge is -2.15. The van der Waals surface area contributed by atoms with Gasteiger partial charge in [-0.05, 0) is 49.6 Å². The van der Waals surface area contributed by atoms with Crippen LogP contribution >= 0.6 is 24.0 Å². The van der Waals surface area contributed by atoms with E-state index in [-0.39, 0.29) is 29.9 Å². The smallest absolute Gasteiger partial charge is 0.251 e. The van der Waals surface area contributed by atoms with E-state index in [2.05, 4.69) is 53.0 Å². The van der Waals surface area contributed by atoms with Gasteiger partial charge in [0.25, 0.3) is 5.91 Å². The highest BCUT2D eigenvalue weighted by atomic mass is 127. The van der Waals surface area contributed by atoms with Crippen molar-refractivity contribution in [2.24, 2.45) is 4.99 Å². The normalized spacial score (nSPS) is 10.7. The molecule has 2 rings (SSSR count). The molecule has 0 bridgehead atoms. The van der Waals surface area contributed by atoms with E-state index in [9.17, 15) is 4.79 Å². The number of aliphatic imine (C=N–C) groups is 1. The fourth-order valence-electron chi connectivity index (χ4n) is 2.78. The summed E-state index contributed by atoms with van der Waals surface area (Å²) < 4.78 is 5.88. The average Bonchev–Trinajstić information content (AvgIpc) is 2.74. The number of aryl methyl sites for hydroxylation is 1. The van der Waals surface area contributed by atoms with Crippen molar-refractivity contribution in [3.63, 3.8) is 0 Å². The maximum atomic E-state index is 11.8. The Balaban J connectivity index is 0.00000450. The van der Waals surface area contributed by atoms with Crippen molar-refractivity contribution in [3.8, 4) is 5.75 Å². The number of carbonyl (C=O) groups is 1. The Bertz CT molecular complexity index is 822. The number of hydrogen-bond acceptors (Lipinski definition) is 3. The number of nitrogens with zero attached hydrogens (tertiary/aromatic N) is 1. The van der Waals surface area contributed by atoms with Gasteiger partial charge in [0, 0.05) is 37.8 Å². The van der Waals surface area contributed by atoms with Crippen molar-refractivity contribution in [1.29, 1.82) is 0 Å². The van der Waals surface area contributed by atoms with Crippen LogP contribution in [0.4, 0.5) is 0 Å². The molecule has 164 valence electrons. The van der Waals surface area contributed by atoms with Gasteiger partial charge in [0.15, 0.2) is 5.96 Å². The topological polar surface area (TPSA) is 74.8 Å². The molecule has 0 heterocycles. The second-order valence-electron chi connectivity index (χ2n) is 6.80. The number of amides is 1. The quantitative estimate of drug-likeness (QED) is 0.263. The maximum absolute atomic E-state index is 11.8. The lowest BCUT2D eigenvalue weighted by Crippen LogP contribution is -2.36. The van der Waals surface area contributed by atoms with E-state index >= 15 is 0 Å². The zero-order valence-electron chi connectivity index (χ0n) is 18.2. The number of guanidine groups is 1. The Morgan fingerprint density at radius 2 is 1.70 bits per heavy atom. The van der Waals surface area contributed by atoms with Crippen molar-refractivity contribution in [3.05, 3.63) is 64.7 Å². The van der Waals surface area contributed by atoms with E-state index in [4.69, 9.17) is 4.74 Å². The van der Waals surface area contributed by atoms with Crippen LogP contribution < -0.4 is 20.7 Å². The van der Waals surface area contributed by atoms with Crippen LogP contribution in [0.1, 0.15) is 47.3 Å². The molecule has 0 radical (unpaired) electrons. The molecule has 0 unspecified atom stereocenters. The van der Waals surface area contributed by atoms with Crippen molar-refractivity contribution in [2.45, 2.75) is 40.3 Å². The Morgan fingerprint density at radius 1 is 1.00 bits per heavy atom. The van der Waals surface area contributed by atoms with Gasteiger partial charge in [0.2, 0.25) is 0 Å². The fraction of sp³-hybridized carbons (Fsp3) is 0.391. The first-order valence-corrected chi connectivity index (χ1v) is 10.1. The largest absolute Gasteiger partial charge is 0.493 e. The van der Waals surface area contributed by atoms with Crippen LogP contribution in [0.2, 0.25) is 0 Å². The molecule has 0 aliphatic carbocycles. The first-order valence-electron chi connectivity index (χ1n) is 10.1. The van der Waals surface area contributed by atoms with E-state index in [0.717, 1.165) is 23.3 Å². The molecule has 6 nitrogen and oxygen atoms in total. The molecule has 0 fully saturated rings. The minimum atomic E-state index is -0.0521. The predicted molar refractivity (Wildman–Crippen MR) is 134 cm³/mol. The molecule has 0 saturated carbocycles. The molecule has 0 aliphatic rings. The number of carbonyl (C=O) groups excluding carboxylic acids is 1. The summed E-state index contributed by atoms with van der Waals surface area (Å²) in [7, 11) is 1.75. The van der Waals surface area contributed by atoms with Gasteiger partial charge in [-0.15, -0.1) is 24.0 Å². The Kier molecular flexibility index (Phi) is 11.9. The summed E-state index contributed by atoms with van der Waals surface area (Å²) in [5.41, 5.74) is 4.01. The molecule has 0 aliphatic heterocycles. The van der Waals surface area contributed by atoms with Gasteiger partial charge >= 0.3 is 0 Å². The average molecular weight is 524 g/mol. The fourth-order valence-corrected chi connectivity index (χ4v) is 2.78. The zero-order chi connectivity index (χ0) is 21.1. The molecule has 3 N–H and O–H groups in total. The number of hydrogen-bond donors (Lipinski definition) is 3. The van der Waals surface area contributed by atoms with Gasteiger partial charge < -0.3 is 20.7 Å².